The van der Waals surface area contributed by atoms with Crippen LogP contribution < -0.4 is 14.8 Å². The van der Waals surface area contributed by atoms with Gasteiger partial charge in [-0.05, 0) is 47.9 Å². The molecule has 1 aliphatic heterocycles. The molecule has 0 amide bonds. The molecule has 1 fully saturated rings. The van der Waals surface area contributed by atoms with Crippen molar-refractivity contribution in [3.8, 4) is 11.5 Å². The zero-order valence-corrected chi connectivity index (χ0v) is 17.5. The third-order valence-electron chi connectivity index (χ3n) is 5.48. The van der Waals surface area contributed by atoms with Gasteiger partial charge >= 0.3 is 0 Å². The van der Waals surface area contributed by atoms with Crippen molar-refractivity contribution in [3.63, 3.8) is 0 Å². The quantitative estimate of drug-likeness (QED) is 0.645. The maximum atomic E-state index is 6.06. The Balaban J connectivity index is 1.61. The summed E-state index contributed by atoms with van der Waals surface area (Å²) in [6.07, 6.45) is 4.92. The van der Waals surface area contributed by atoms with Gasteiger partial charge in [0.2, 0.25) is 0 Å². The summed E-state index contributed by atoms with van der Waals surface area (Å²) in [6.45, 7) is 4.60. The van der Waals surface area contributed by atoms with Crippen molar-refractivity contribution in [3.05, 3.63) is 89.7 Å². The average molecular weight is 404 g/mol. The maximum Gasteiger partial charge on any atom is 0.161 e. The lowest BCUT2D eigenvalue weighted by molar-refractivity contribution is 0.239. The zero-order chi connectivity index (χ0) is 20.6. The number of nitrogens with one attached hydrogen (secondary N) is 1. The average Bonchev–Trinajstić information content (AvgIpc) is 3.09. The van der Waals surface area contributed by atoms with Crippen molar-refractivity contribution in [2.45, 2.75) is 19.1 Å². The molecule has 5 nitrogen and oxygen atoms in total. The second kappa shape index (κ2) is 10.2. The van der Waals surface area contributed by atoms with Crippen LogP contribution in [0.15, 0.2) is 73.1 Å². The van der Waals surface area contributed by atoms with Gasteiger partial charge in [-0.3, -0.25) is 9.88 Å². The number of rotatable bonds is 7. The van der Waals surface area contributed by atoms with E-state index >= 15 is 0 Å². The number of benzene rings is 2. The van der Waals surface area contributed by atoms with Gasteiger partial charge in [0.05, 0.1) is 13.2 Å². The third-order valence-corrected chi connectivity index (χ3v) is 5.48. The number of pyridine rings is 1. The Kier molecular flexibility index (Phi) is 6.95. The summed E-state index contributed by atoms with van der Waals surface area (Å²) in [5.41, 5.74) is 3.52. The van der Waals surface area contributed by atoms with Gasteiger partial charge in [-0.2, -0.15) is 0 Å². The molecular formula is C25H29N3O2. The van der Waals surface area contributed by atoms with Gasteiger partial charge in [0, 0.05) is 32.0 Å². The molecule has 1 aromatic heterocycles. The molecule has 2 aromatic carbocycles. The van der Waals surface area contributed by atoms with Gasteiger partial charge in [-0.1, -0.05) is 42.5 Å². The first-order valence-corrected chi connectivity index (χ1v) is 10.5. The normalized spacial score (nSPS) is 15.9. The summed E-state index contributed by atoms with van der Waals surface area (Å²) in [6, 6.07) is 20.8. The lowest BCUT2D eigenvalue weighted by atomic mass is 9.97. The van der Waals surface area contributed by atoms with Crippen LogP contribution in [0.4, 0.5) is 0 Å². The van der Waals surface area contributed by atoms with Gasteiger partial charge in [-0.25, -0.2) is 0 Å². The number of nitrogens with zero attached hydrogens (tertiary/aromatic N) is 2. The summed E-state index contributed by atoms with van der Waals surface area (Å²) in [7, 11) is 1.70. The van der Waals surface area contributed by atoms with Crippen LogP contribution >= 0.6 is 0 Å². The first-order chi connectivity index (χ1) is 14.8. The van der Waals surface area contributed by atoms with E-state index in [2.05, 4.69) is 45.5 Å². The fourth-order valence-corrected chi connectivity index (χ4v) is 3.99. The van der Waals surface area contributed by atoms with E-state index in [1.165, 1.54) is 11.1 Å². The van der Waals surface area contributed by atoms with E-state index in [-0.39, 0.29) is 6.04 Å². The minimum absolute atomic E-state index is 0.135. The Labute approximate surface area is 178 Å². The van der Waals surface area contributed by atoms with Crippen molar-refractivity contribution in [1.29, 1.82) is 0 Å². The van der Waals surface area contributed by atoms with Crippen LogP contribution in [0.2, 0.25) is 0 Å². The van der Waals surface area contributed by atoms with Crippen molar-refractivity contribution in [1.82, 2.24) is 15.2 Å². The number of hydrogen-bond acceptors (Lipinski definition) is 5. The fourth-order valence-electron chi connectivity index (χ4n) is 3.99. The topological polar surface area (TPSA) is 46.6 Å². The van der Waals surface area contributed by atoms with Crippen molar-refractivity contribution < 1.29 is 9.47 Å². The highest BCUT2D eigenvalue weighted by molar-refractivity contribution is 5.46. The molecule has 2 heterocycles. The van der Waals surface area contributed by atoms with Gasteiger partial charge in [-0.15, -0.1) is 0 Å². The molecule has 5 heteroatoms. The fraction of sp³-hybridized carbons (Fsp3) is 0.320. The maximum absolute atomic E-state index is 6.06. The molecule has 1 aliphatic rings. The first kappa shape index (κ1) is 20.4. The van der Waals surface area contributed by atoms with Gasteiger partial charge in [0.1, 0.15) is 6.61 Å². The summed E-state index contributed by atoms with van der Waals surface area (Å²) in [5.74, 6) is 1.51. The molecule has 1 N–H and O–H groups in total. The zero-order valence-electron chi connectivity index (χ0n) is 17.5. The van der Waals surface area contributed by atoms with E-state index in [1.54, 1.807) is 7.11 Å². The number of hydrogen-bond donors (Lipinski definition) is 1. The second-order valence-corrected chi connectivity index (χ2v) is 7.51. The largest absolute Gasteiger partial charge is 0.493 e. The molecule has 3 aromatic rings. The molecule has 156 valence electrons. The van der Waals surface area contributed by atoms with Crippen LogP contribution in [0.5, 0.6) is 11.5 Å². The molecule has 1 saturated heterocycles. The molecule has 0 aliphatic carbocycles. The van der Waals surface area contributed by atoms with Crippen LogP contribution in [0.25, 0.3) is 0 Å². The number of aromatic nitrogens is 1. The number of methoxy groups -OCH3 is 1. The molecule has 0 saturated carbocycles. The lowest BCUT2D eigenvalue weighted by Crippen LogP contribution is -2.33. The molecule has 0 bridgehead atoms. The Bertz CT molecular complexity index is 910. The standard InChI is InChI=1S/C25H29N3O2/c1-29-24-17-21(10-11-23(24)30-19-20-7-3-2-4-8-20)25(22-9-5-12-27-18-22)28-15-6-13-26-14-16-28/h2-5,7-12,17-18,25-26H,6,13-16,19H2,1H3. The van der Waals surface area contributed by atoms with Crippen LogP contribution in [-0.2, 0) is 6.61 Å². The first-order valence-electron chi connectivity index (χ1n) is 10.5. The highest BCUT2D eigenvalue weighted by Crippen LogP contribution is 2.35. The summed E-state index contributed by atoms with van der Waals surface area (Å²) in [5, 5.41) is 3.50. The smallest absolute Gasteiger partial charge is 0.161 e. The highest BCUT2D eigenvalue weighted by atomic mass is 16.5. The van der Waals surface area contributed by atoms with Crippen LogP contribution in [0.1, 0.15) is 29.2 Å². The van der Waals surface area contributed by atoms with E-state index in [0.29, 0.717) is 6.61 Å². The third kappa shape index (κ3) is 4.99. The Hall–Kier alpha value is -2.89. The molecule has 30 heavy (non-hydrogen) atoms. The summed E-state index contributed by atoms with van der Waals surface area (Å²) in [4.78, 5) is 6.90. The van der Waals surface area contributed by atoms with E-state index in [0.717, 1.165) is 49.7 Å². The van der Waals surface area contributed by atoms with E-state index in [1.807, 2.05) is 42.7 Å². The minimum Gasteiger partial charge on any atom is -0.493 e. The monoisotopic (exact) mass is 403 g/mol. The molecule has 1 atom stereocenters. The van der Waals surface area contributed by atoms with E-state index in [9.17, 15) is 0 Å². The Morgan fingerprint density at radius 2 is 1.87 bits per heavy atom. The molecule has 0 radical (unpaired) electrons. The highest BCUT2D eigenvalue weighted by Gasteiger charge is 2.24. The number of ether oxygens (including phenoxy) is 2. The van der Waals surface area contributed by atoms with Gasteiger partial charge < -0.3 is 14.8 Å². The summed E-state index contributed by atoms with van der Waals surface area (Å²) >= 11 is 0. The molecule has 4 rings (SSSR count). The van der Waals surface area contributed by atoms with E-state index < -0.39 is 0 Å². The minimum atomic E-state index is 0.135. The molecular weight excluding hydrogens is 374 g/mol. The predicted molar refractivity (Wildman–Crippen MR) is 119 cm³/mol. The van der Waals surface area contributed by atoms with Crippen LogP contribution in [-0.4, -0.2) is 43.2 Å². The molecule has 0 spiro atoms. The van der Waals surface area contributed by atoms with Crippen LogP contribution in [0, 0.1) is 0 Å². The van der Waals surface area contributed by atoms with Crippen molar-refractivity contribution in [2.24, 2.45) is 0 Å². The summed E-state index contributed by atoms with van der Waals surface area (Å²) < 4.78 is 11.8. The lowest BCUT2D eigenvalue weighted by Gasteiger charge is -2.31. The SMILES string of the molecule is COc1cc(C(c2cccnc2)N2CCCNCC2)ccc1OCc1ccccc1. The van der Waals surface area contributed by atoms with Crippen LogP contribution in [0.3, 0.4) is 0 Å². The predicted octanol–water partition coefficient (Wildman–Crippen LogP) is 4.05. The Morgan fingerprint density at radius 3 is 2.67 bits per heavy atom. The van der Waals surface area contributed by atoms with E-state index in [4.69, 9.17) is 9.47 Å². The Morgan fingerprint density at radius 1 is 0.967 bits per heavy atom. The van der Waals surface area contributed by atoms with Crippen molar-refractivity contribution in [2.75, 3.05) is 33.3 Å². The molecule has 1 unspecified atom stereocenters. The second-order valence-electron chi connectivity index (χ2n) is 7.51. The van der Waals surface area contributed by atoms with Gasteiger partial charge in [0.25, 0.3) is 0 Å². The van der Waals surface area contributed by atoms with Crippen molar-refractivity contribution >= 4 is 0 Å². The van der Waals surface area contributed by atoms with Gasteiger partial charge in [0.15, 0.2) is 11.5 Å².